The molecule has 1 rings (SSSR count). The van der Waals surface area contributed by atoms with E-state index in [0.717, 1.165) is 23.9 Å². The van der Waals surface area contributed by atoms with E-state index in [4.69, 9.17) is 5.11 Å². The molecular formula is C9H11NO. The molecule has 2 heteroatoms. The highest BCUT2D eigenvalue weighted by Gasteiger charge is 1.88. The fourth-order valence-electron chi connectivity index (χ4n) is 0.808. The molecule has 2 nitrogen and oxygen atoms in total. The Morgan fingerprint density at radius 1 is 1.55 bits per heavy atom. The second-order valence-electron chi connectivity index (χ2n) is 2.40. The highest BCUT2D eigenvalue weighted by atomic mass is 16.2. The molecule has 0 atom stereocenters. The third-order valence-corrected chi connectivity index (χ3v) is 1.43. The van der Waals surface area contributed by atoms with Gasteiger partial charge in [0.25, 0.3) is 0 Å². The number of pyridine rings is 1. The van der Waals surface area contributed by atoms with Crippen molar-refractivity contribution < 1.29 is 5.11 Å². The van der Waals surface area contributed by atoms with Crippen molar-refractivity contribution >= 4 is 0 Å². The second-order valence-corrected chi connectivity index (χ2v) is 2.40. The Labute approximate surface area is 66.2 Å². The van der Waals surface area contributed by atoms with Gasteiger partial charge in [0.05, 0.1) is 6.26 Å². The SMILES string of the molecule is Cc1ccc(CC=CO)cn1. The Hall–Kier alpha value is -1.31. The zero-order valence-electron chi connectivity index (χ0n) is 6.49. The largest absolute Gasteiger partial charge is 0.516 e. The van der Waals surface area contributed by atoms with Gasteiger partial charge in [-0.1, -0.05) is 6.07 Å². The number of aromatic nitrogens is 1. The summed E-state index contributed by atoms with van der Waals surface area (Å²) in [5.74, 6) is 0. The van der Waals surface area contributed by atoms with Crippen LogP contribution >= 0.6 is 0 Å². The summed E-state index contributed by atoms with van der Waals surface area (Å²) in [6, 6.07) is 3.96. The van der Waals surface area contributed by atoms with E-state index >= 15 is 0 Å². The smallest absolute Gasteiger partial charge is 0.0755 e. The molecule has 1 aromatic heterocycles. The van der Waals surface area contributed by atoms with Gasteiger partial charge in [-0.3, -0.25) is 4.98 Å². The summed E-state index contributed by atoms with van der Waals surface area (Å²) < 4.78 is 0. The Kier molecular flexibility index (Phi) is 2.66. The number of aliphatic hydroxyl groups is 1. The number of hydrogen-bond donors (Lipinski definition) is 1. The van der Waals surface area contributed by atoms with E-state index in [-0.39, 0.29) is 0 Å². The van der Waals surface area contributed by atoms with Crippen LogP contribution in [0.5, 0.6) is 0 Å². The van der Waals surface area contributed by atoms with E-state index in [2.05, 4.69) is 4.98 Å². The lowest BCUT2D eigenvalue weighted by Gasteiger charge is -1.94. The summed E-state index contributed by atoms with van der Waals surface area (Å²) in [7, 11) is 0. The van der Waals surface area contributed by atoms with Gasteiger partial charge in [-0.15, -0.1) is 0 Å². The fraction of sp³-hybridized carbons (Fsp3) is 0.222. The molecule has 0 aliphatic carbocycles. The van der Waals surface area contributed by atoms with Crippen molar-refractivity contribution in [1.29, 1.82) is 0 Å². The topological polar surface area (TPSA) is 33.1 Å². The summed E-state index contributed by atoms with van der Waals surface area (Å²) in [5.41, 5.74) is 2.13. The molecule has 1 N–H and O–H groups in total. The van der Waals surface area contributed by atoms with Crippen LogP contribution in [-0.4, -0.2) is 10.1 Å². The van der Waals surface area contributed by atoms with E-state index < -0.39 is 0 Å². The molecule has 0 spiro atoms. The summed E-state index contributed by atoms with van der Waals surface area (Å²) in [5, 5.41) is 8.38. The van der Waals surface area contributed by atoms with E-state index in [9.17, 15) is 0 Å². The Balaban J connectivity index is 2.66. The molecule has 11 heavy (non-hydrogen) atoms. The van der Waals surface area contributed by atoms with Gasteiger partial charge in [0.1, 0.15) is 0 Å². The van der Waals surface area contributed by atoms with Gasteiger partial charge >= 0.3 is 0 Å². The molecule has 0 radical (unpaired) electrons. The van der Waals surface area contributed by atoms with Crippen LogP contribution in [0.3, 0.4) is 0 Å². The van der Waals surface area contributed by atoms with Crippen molar-refractivity contribution in [2.75, 3.05) is 0 Å². The standard InChI is InChI=1S/C9H11NO/c1-8-4-5-9(7-10-8)3-2-6-11/h2,4-7,11H,3H2,1H3. The Morgan fingerprint density at radius 3 is 2.91 bits per heavy atom. The molecule has 0 amide bonds. The third-order valence-electron chi connectivity index (χ3n) is 1.43. The number of nitrogens with zero attached hydrogens (tertiary/aromatic N) is 1. The van der Waals surface area contributed by atoms with Crippen molar-refractivity contribution in [3.63, 3.8) is 0 Å². The first kappa shape index (κ1) is 7.79. The molecule has 1 aromatic rings. The van der Waals surface area contributed by atoms with Crippen LogP contribution in [0.15, 0.2) is 30.7 Å². The average Bonchev–Trinajstić information content (AvgIpc) is 2.04. The maximum Gasteiger partial charge on any atom is 0.0755 e. The molecule has 0 unspecified atom stereocenters. The lowest BCUT2D eigenvalue weighted by Crippen LogP contribution is -1.84. The van der Waals surface area contributed by atoms with Crippen LogP contribution in [0.2, 0.25) is 0 Å². The van der Waals surface area contributed by atoms with Crippen molar-refractivity contribution in [1.82, 2.24) is 4.98 Å². The number of aliphatic hydroxyl groups excluding tert-OH is 1. The molecule has 0 fully saturated rings. The zero-order chi connectivity index (χ0) is 8.10. The summed E-state index contributed by atoms with van der Waals surface area (Å²) in [4.78, 5) is 4.12. The van der Waals surface area contributed by atoms with Crippen LogP contribution in [-0.2, 0) is 6.42 Å². The normalized spacial score (nSPS) is 10.6. The van der Waals surface area contributed by atoms with E-state index in [1.807, 2.05) is 25.3 Å². The first-order valence-corrected chi connectivity index (χ1v) is 3.53. The number of allylic oxidation sites excluding steroid dienone is 1. The molecule has 1 heterocycles. The average molecular weight is 149 g/mol. The number of rotatable bonds is 2. The molecule has 0 aliphatic rings. The maximum atomic E-state index is 8.38. The Bertz CT molecular complexity index is 238. The molecule has 0 bridgehead atoms. The van der Waals surface area contributed by atoms with E-state index in [1.165, 1.54) is 0 Å². The zero-order valence-corrected chi connectivity index (χ0v) is 6.49. The van der Waals surface area contributed by atoms with Crippen molar-refractivity contribution in [2.24, 2.45) is 0 Å². The van der Waals surface area contributed by atoms with Crippen molar-refractivity contribution in [3.05, 3.63) is 41.9 Å². The predicted octanol–water partition coefficient (Wildman–Crippen LogP) is 2.00. The molecule has 58 valence electrons. The lowest BCUT2D eigenvalue weighted by molar-refractivity contribution is 0.471. The number of hydrogen-bond acceptors (Lipinski definition) is 2. The predicted molar refractivity (Wildman–Crippen MR) is 44.4 cm³/mol. The van der Waals surface area contributed by atoms with Gasteiger partial charge in [-0.25, -0.2) is 0 Å². The van der Waals surface area contributed by atoms with Crippen molar-refractivity contribution in [3.8, 4) is 0 Å². The van der Waals surface area contributed by atoms with E-state index in [1.54, 1.807) is 6.08 Å². The van der Waals surface area contributed by atoms with Gasteiger partial charge in [0, 0.05) is 11.9 Å². The fourth-order valence-corrected chi connectivity index (χ4v) is 0.808. The van der Waals surface area contributed by atoms with Crippen LogP contribution in [0, 0.1) is 6.92 Å². The minimum atomic E-state index is 0.740. The van der Waals surface area contributed by atoms with Crippen LogP contribution in [0.25, 0.3) is 0 Å². The van der Waals surface area contributed by atoms with Gasteiger partial charge < -0.3 is 5.11 Å². The molecular weight excluding hydrogens is 138 g/mol. The lowest BCUT2D eigenvalue weighted by atomic mass is 10.2. The molecule has 0 saturated carbocycles. The quantitative estimate of drug-likeness (QED) is 0.652. The Morgan fingerprint density at radius 2 is 2.36 bits per heavy atom. The monoisotopic (exact) mass is 149 g/mol. The summed E-state index contributed by atoms with van der Waals surface area (Å²) >= 11 is 0. The van der Waals surface area contributed by atoms with Gasteiger partial charge in [0.15, 0.2) is 0 Å². The first-order valence-electron chi connectivity index (χ1n) is 3.53. The molecule has 0 aromatic carbocycles. The van der Waals surface area contributed by atoms with Crippen LogP contribution < -0.4 is 0 Å². The molecule has 0 aliphatic heterocycles. The highest BCUT2D eigenvalue weighted by Crippen LogP contribution is 2.00. The van der Waals surface area contributed by atoms with Crippen LogP contribution in [0.4, 0.5) is 0 Å². The summed E-state index contributed by atoms with van der Waals surface area (Å²) in [6.07, 6.45) is 5.30. The van der Waals surface area contributed by atoms with Gasteiger partial charge in [-0.05, 0) is 31.1 Å². The van der Waals surface area contributed by atoms with E-state index in [0.29, 0.717) is 0 Å². The highest BCUT2D eigenvalue weighted by molar-refractivity contribution is 5.15. The van der Waals surface area contributed by atoms with Crippen LogP contribution in [0.1, 0.15) is 11.3 Å². The maximum absolute atomic E-state index is 8.38. The first-order chi connectivity index (χ1) is 5.33. The number of aryl methyl sites for hydroxylation is 1. The second kappa shape index (κ2) is 3.76. The third kappa shape index (κ3) is 2.42. The van der Waals surface area contributed by atoms with Gasteiger partial charge in [-0.2, -0.15) is 0 Å². The summed E-state index contributed by atoms with van der Waals surface area (Å²) in [6.45, 7) is 1.95. The minimum Gasteiger partial charge on any atom is -0.516 e. The minimum absolute atomic E-state index is 0.740. The van der Waals surface area contributed by atoms with Gasteiger partial charge in [0.2, 0.25) is 0 Å². The van der Waals surface area contributed by atoms with Crippen molar-refractivity contribution in [2.45, 2.75) is 13.3 Å². The molecule has 0 saturated heterocycles.